The molecule has 0 bridgehead atoms. The van der Waals surface area contributed by atoms with Crippen molar-refractivity contribution in [2.45, 2.75) is 38.1 Å². The van der Waals surface area contributed by atoms with E-state index in [-0.39, 0.29) is 11.8 Å². The zero-order chi connectivity index (χ0) is 17.4. The van der Waals surface area contributed by atoms with E-state index in [2.05, 4.69) is 10.2 Å². The number of piperidine rings is 1. The van der Waals surface area contributed by atoms with Gasteiger partial charge in [-0.25, -0.2) is 0 Å². The van der Waals surface area contributed by atoms with Crippen LogP contribution >= 0.6 is 0 Å². The predicted octanol–water partition coefficient (Wildman–Crippen LogP) is 2.18. The van der Waals surface area contributed by atoms with E-state index < -0.39 is 5.54 Å². The number of likely N-dealkylation sites (tertiary alicyclic amines) is 1. The van der Waals surface area contributed by atoms with E-state index in [0.29, 0.717) is 30.9 Å². The minimum Gasteiger partial charge on any atom is -0.472 e. The largest absolute Gasteiger partial charge is 0.472 e. The third kappa shape index (κ3) is 2.69. The molecule has 2 saturated heterocycles. The van der Waals surface area contributed by atoms with Crippen LogP contribution in [-0.4, -0.2) is 45.5 Å². The second-order valence-corrected chi connectivity index (χ2v) is 6.84. The minimum absolute atomic E-state index is 0.00922. The highest BCUT2D eigenvalue weighted by atomic mass is 16.3. The number of hydrogen-bond acceptors (Lipinski definition) is 5. The summed E-state index contributed by atoms with van der Waals surface area (Å²) in [5.41, 5.74) is 0.859. The van der Waals surface area contributed by atoms with Crippen molar-refractivity contribution >= 4 is 17.6 Å². The first kappa shape index (κ1) is 15.8. The van der Waals surface area contributed by atoms with E-state index in [1.165, 1.54) is 12.5 Å². The number of furan rings is 1. The smallest absolute Gasteiger partial charge is 0.257 e. The van der Waals surface area contributed by atoms with Crippen molar-refractivity contribution in [3.05, 3.63) is 42.0 Å². The topological polar surface area (TPSA) is 79.5 Å². The number of carbonyl (C=O) groups is 2. The van der Waals surface area contributed by atoms with E-state index in [4.69, 9.17) is 4.42 Å². The molecule has 2 aromatic rings. The van der Waals surface area contributed by atoms with Crippen LogP contribution in [0.1, 0.15) is 41.7 Å². The molecule has 0 saturated carbocycles. The number of hydrogen-bond donors (Lipinski definition) is 0. The van der Waals surface area contributed by atoms with Crippen LogP contribution in [0.15, 0.2) is 35.1 Å². The van der Waals surface area contributed by atoms with Crippen LogP contribution in [0.25, 0.3) is 0 Å². The van der Waals surface area contributed by atoms with E-state index in [0.717, 1.165) is 25.0 Å². The lowest BCUT2D eigenvalue weighted by Gasteiger charge is -2.44. The number of amides is 2. The van der Waals surface area contributed by atoms with Crippen LogP contribution in [0.4, 0.5) is 5.82 Å². The molecule has 0 unspecified atom stereocenters. The Labute approximate surface area is 145 Å². The van der Waals surface area contributed by atoms with Gasteiger partial charge in [0.25, 0.3) is 5.91 Å². The number of aryl methyl sites for hydroxylation is 1. The van der Waals surface area contributed by atoms with Gasteiger partial charge in [0.1, 0.15) is 6.26 Å². The first-order valence-electron chi connectivity index (χ1n) is 8.54. The van der Waals surface area contributed by atoms with Gasteiger partial charge in [0, 0.05) is 6.54 Å². The zero-order valence-corrected chi connectivity index (χ0v) is 14.1. The molecule has 2 aliphatic heterocycles. The maximum absolute atomic E-state index is 12.9. The van der Waals surface area contributed by atoms with Gasteiger partial charge in [0.05, 0.1) is 36.0 Å². The summed E-state index contributed by atoms with van der Waals surface area (Å²) in [6.07, 6.45) is 6.06. The molecular weight excluding hydrogens is 320 g/mol. The number of aromatic nitrogens is 2. The van der Waals surface area contributed by atoms with Crippen LogP contribution in [0.3, 0.4) is 0 Å². The molecule has 4 rings (SSSR count). The van der Waals surface area contributed by atoms with E-state index in [9.17, 15) is 9.59 Å². The highest BCUT2D eigenvalue weighted by Gasteiger charge is 2.51. The molecule has 2 aromatic heterocycles. The van der Waals surface area contributed by atoms with E-state index in [1.54, 1.807) is 11.0 Å². The molecule has 0 radical (unpaired) electrons. The summed E-state index contributed by atoms with van der Waals surface area (Å²) in [6.45, 7) is 2.98. The van der Waals surface area contributed by atoms with Gasteiger partial charge in [-0.2, -0.15) is 5.10 Å². The van der Waals surface area contributed by atoms with Gasteiger partial charge < -0.3 is 9.32 Å². The number of rotatable bonds is 2. The molecule has 25 heavy (non-hydrogen) atoms. The zero-order valence-electron chi connectivity index (χ0n) is 14.1. The summed E-state index contributed by atoms with van der Waals surface area (Å²) in [6, 6.07) is 5.32. The summed E-state index contributed by atoms with van der Waals surface area (Å²) in [4.78, 5) is 29.1. The molecule has 2 aliphatic rings. The molecule has 1 spiro atoms. The average Bonchev–Trinajstić information content (AvgIpc) is 3.25. The summed E-state index contributed by atoms with van der Waals surface area (Å²) >= 11 is 0. The second-order valence-electron chi connectivity index (χ2n) is 6.84. The van der Waals surface area contributed by atoms with Crippen LogP contribution < -0.4 is 4.90 Å². The molecule has 0 aliphatic carbocycles. The van der Waals surface area contributed by atoms with Gasteiger partial charge >= 0.3 is 0 Å². The molecule has 130 valence electrons. The summed E-state index contributed by atoms with van der Waals surface area (Å²) in [5.74, 6) is 0.469. The van der Waals surface area contributed by atoms with Crippen molar-refractivity contribution < 1.29 is 14.0 Å². The van der Waals surface area contributed by atoms with Gasteiger partial charge in [-0.1, -0.05) is 0 Å². The fourth-order valence-electron chi connectivity index (χ4n) is 3.86. The van der Waals surface area contributed by atoms with Crippen molar-refractivity contribution in [2.75, 3.05) is 18.0 Å². The molecule has 1 atom stereocenters. The first-order valence-corrected chi connectivity index (χ1v) is 8.54. The van der Waals surface area contributed by atoms with Crippen molar-refractivity contribution in [1.29, 1.82) is 0 Å². The van der Waals surface area contributed by atoms with Gasteiger partial charge in [0.15, 0.2) is 5.82 Å². The fourth-order valence-corrected chi connectivity index (χ4v) is 3.86. The van der Waals surface area contributed by atoms with Crippen molar-refractivity contribution in [3.63, 3.8) is 0 Å². The highest BCUT2D eigenvalue weighted by Crippen LogP contribution is 2.39. The van der Waals surface area contributed by atoms with E-state index in [1.807, 2.05) is 24.0 Å². The molecule has 7 heteroatoms. The van der Waals surface area contributed by atoms with Gasteiger partial charge in [-0.15, -0.1) is 5.10 Å². The van der Waals surface area contributed by atoms with Crippen molar-refractivity contribution in [3.8, 4) is 0 Å². The third-order valence-electron chi connectivity index (χ3n) is 5.15. The maximum atomic E-state index is 12.9. The normalized spacial score (nSPS) is 23.5. The van der Waals surface area contributed by atoms with Crippen LogP contribution in [-0.2, 0) is 4.79 Å². The summed E-state index contributed by atoms with van der Waals surface area (Å²) in [7, 11) is 0. The Balaban J connectivity index is 1.64. The SMILES string of the molecule is Cc1ccc(N2C[C@@]3(CCCCN3C(=O)c3ccoc3)CC2=O)nn1. The Morgan fingerprint density at radius 2 is 2.12 bits per heavy atom. The second kappa shape index (κ2) is 5.98. The van der Waals surface area contributed by atoms with Crippen molar-refractivity contribution in [2.24, 2.45) is 0 Å². The Morgan fingerprint density at radius 1 is 1.24 bits per heavy atom. The van der Waals surface area contributed by atoms with Crippen molar-refractivity contribution in [1.82, 2.24) is 15.1 Å². The highest BCUT2D eigenvalue weighted by molar-refractivity contribution is 5.99. The lowest BCUT2D eigenvalue weighted by molar-refractivity contribution is -0.118. The quantitative estimate of drug-likeness (QED) is 0.837. The fraction of sp³-hybridized carbons (Fsp3) is 0.444. The first-order chi connectivity index (χ1) is 12.1. The van der Waals surface area contributed by atoms with Crippen LogP contribution in [0.2, 0.25) is 0 Å². The summed E-state index contributed by atoms with van der Waals surface area (Å²) < 4.78 is 5.06. The number of carbonyl (C=O) groups excluding carboxylic acids is 2. The van der Waals surface area contributed by atoms with Gasteiger partial charge in [-0.05, 0) is 44.4 Å². The van der Waals surface area contributed by atoms with Gasteiger partial charge in [0.2, 0.25) is 5.91 Å². The Morgan fingerprint density at radius 3 is 2.84 bits per heavy atom. The average molecular weight is 340 g/mol. The van der Waals surface area contributed by atoms with E-state index >= 15 is 0 Å². The van der Waals surface area contributed by atoms with Crippen LogP contribution in [0, 0.1) is 6.92 Å². The molecule has 0 N–H and O–H groups in total. The molecule has 2 amide bonds. The summed E-state index contributed by atoms with van der Waals surface area (Å²) in [5, 5.41) is 8.19. The monoisotopic (exact) mass is 340 g/mol. The Bertz CT molecular complexity index is 787. The predicted molar refractivity (Wildman–Crippen MR) is 90.1 cm³/mol. The lowest BCUT2D eigenvalue weighted by Crippen LogP contribution is -2.56. The number of nitrogens with zero attached hydrogens (tertiary/aromatic N) is 4. The molecule has 7 nitrogen and oxygen atoms in total. The Hall–Kier alpha value is -2.70. The lowest BCUT2D eigenvalue weighted by atomic mass is 9.85. The third-order valence-corrected chi connectivity index (χ3v) is 5.15. The standard InChI is InChI=1S/C18H20N4O3/c1-13-4-5-15(20-19-13)21-12-18(10-16(21)23)7-2-3-8-22(18)17(24)14-6-9-25-11-14/h4-6,9,11H,2-3,7-8,10,12H2,1H3/t18-/m1/s1. The maximum Gasteiger partial charge on any atom is 0.257 e. The van der Waals surface area contributed by atoms with Crippen LogP contribution in [0.5, 0.6) is 0 Å². The Kier molecular flexibility index (Phi) is 3.78. The minimum atomic E-state index is -0.476. The molecule has 2 fully saturated rings. The molecular formula is C18H20N4O3. The number of anilines is 1. The van der Waals surface area contributed by atoms with Gasteiger partial charge in [-0.3, -0.25) is 14.5 Å². The molecule has 4 heterocycles. The molecule has 0 aromatic carbocycles.